The number of pyridine rings is 1. The lowest BCUT2D eigenvalue weighted by Crippen LogP contribution is -2.46. The van der Waals surface area contributed by atoms with E-state index in [9.17, 15) is 18.0 Å². The maximum absolute atomic E-state index is 14.2. The molecule has 0 radical (unpaired) electrons. The number of anilines is 2. The number of nitrogens with zero attached hydrogens (tertiary/aromatic N) is 5. The van der Waals surface area contributed by atoms with Gasteiger partial charge in [0.2, 0.25) is 0 Å². The minimum Gasteiger partial charge on any atom is -0.372 e. The molecular weight excluding hydrogens is 496 g/mol. The summed E-state index contributed by atoms with van der Waals surface area (Å²) in [6, 6.07) is 2.08. The second kappa shape index (κ2) is 8.24. The van der Waals surface area contributed by atoms with Gasteiger partial charge in [-0.05, 0) is 32.3 Å². The van der Waals surface area contributed by atoms with Gasteiger partial charge in [-0.1, -0.05) is 23.2 Å². The summed E-state index contributed by atoms with van der Waals surface area (Å²) in [5.74, 6) is 0. The van der Waals surface area contributed by atoms with Crippen LogP contribution in [-0.4, -0.2) is 44.9 Å². The molecule has 2 aliphatic rings. The van der Waals surface area contributed by atoms with Gasteiger partial charge in [0.1, 0.15) is 11.5 Å². The molecule has 5 rings (SSSR count). The summed E-state index contributed by atoms with van der Waals surface area (Å²) >= 11 is 12.3. The van der Waals surface area contributed by atoms with Crippen molar-refractivity contribution in [1.82, 2.24) is 19.6 Å². The number of halogens is 5. The highest BCUT2D eigenvalue weighted by molar-refractivity contribution is 6.31. The van der Waals surface area contributed by atoms with E-state index in [0.717, 1.165) is 35.6 Å². The van der Waals surface area contributed by atoms with Crippen molar-refractivity contribution in [3.63, 3.8) is 0 Å². The molecule has 2 amide bonds. The van der Waals surface area contributed by atoms with E-state index in [-0.39, 0.29) is 34.0 Å². The zero-order valence-corrected chi connectivity index (χ0v) is 19.4. The van der Waals surface area contributed by atoms with Crippen molar-refractivity contribution in [3.05, 3.63) is 46.1 Å². The molecule has 5 heterocycles. The molecule has 2 atom stereocenters. The number of amides is 2. The number of hydrogen-bond acceptors (Lipinski definition) is 5. The topological polar surface area (TPSA) is 84.7 Å². The molecule has 0 bridgehead atoms. The number of carbonyl (C=O) groups is 1. The van der Waals surface area contributed by atoms with Crippen LogP contribution in [0.25, 0.3) is 5.65 Å². The molecule has 180 valence electrons. The van der Waals surface area contributed by atoms with Gasteiger partial charge in [0.15, 0.2) is 10.8 Å². The number of aromatic nitrogens is 4. The van der Waals surface area contributed by atoms with Crippen molar-refractivity contribution < 1.29 is 22.7 Å². The summed E-state index contributed by atoms with van der Waals surface area (Å²) in [5.41, 5.74) is -1.67. The summed E-state index contributed by atoms with van der Waals surface area (Å²) in [7, 11) is 0. The van der Waals surface area contributed by atoms with E-state index >= 15 is 0 Å². The van der Waals surface area contributed by atoms with Gasteiger partial charge in [-0.2, -0.15) is 18.3 Å². The molecule has 0 unspecified atom stereocenters. The second-order valence-corrected chi connectivity index (χ2v) is 9.32. The van der Waals surface area contributed by atoms with E-state index in [1.54, 1.807) is 0 Å². The maximum atomic E-state index is 14.2. The quantitative estimate of drug-likeness (QED) is 0.484. The van der Waals surface area contributed by atoms with E-state index in [4.69, 9.17) is 27.9 Å². The fraction of sp³-hybridized carbons (Fsp3) is 0.429. The lowest BCUT2D eigenvalue weighted by atomic mass is 9.88. The molecule has 0 aromatic carbocycles. The third kappa shape index (κ3) is 3.75. The number of carbonyl (C=O) groups excluding carboxylic acids is 1. The average Bonchev–Trinajstić information content (AvgIpc) is 3.31. The summed E-state index contributed by atoms with van der Waals surface area (Å²) in [6.45, 7) is 0.979. The molecule has 0 aliphatic carbocycles. The van der Waals surface area contributed by atoms with E-state index < -0.39 is 24.2 Å². The zero-order chi connectivity index (χ0) is 24.3. The Balaban J connectivity index is 1.46. The van der Waals surface area contributed by atoms with Crippen LogP contribution in [-0.2, 0) is 10.2 Å². The highest BCUT2D eigenvalue weighted by Gasteiger charge is 2.60. The highest BCUT2D eigenvalue weighted by Crippen LogP contribution is 2.50. The van der Waals surface area contributed by atoms with Crippen LogP contribution < -0.4 is 10.2 Å². The van der Waals surface area contributed by atoms with Crippen LogP contribution in [0.5, 0.6) is 0 Å². The largest absolute Gasteiger partial charge is 0.401 e. The molecular formula is C21H19Cl2F3N6O2. The fourth-order valence-electron chi connectivity index (χ4n) is 4.39. The molecule has 3 aromatic rings. The molecule has 1 N–H and O–H groups in total. The summed E-state index contributed by atoms with van der Waals surface area (Å²) in [4.78, 5) is 22.5. The third-order valence-electron chi connectivity index (χ3n) is 6.20. The minimum absolute atomic E-state index is 0.00363. The molecule has 1 saturated heterocycles. The molecule has 0 spiro atoms. The Kier molecular flexibility index (Phi) is 5.61. The van der Waals surface area contributed by atoms with E-state index in [1.807, 2.05) is 0 Å². The van der Waals surface area contributed by atoms with Gasteiger partial charge in [-0.15, -0.1) is 0 Å². The van der Waals surface area contributed by atoms with Gasteiger partial charge in [0.05, 0.1) is 40.2 Å². The standard InChI is InChI=1S/C21H19Cl2F3N6O2/c1-20(21(24,25)26)10-31(13-9-27-16-7-15(23)30-32(16)18(13)20)19(33)29-11-6-12(22)17(28-8-11)14-4-2-3-5-34-14/h6-9,14H,2-5,10H2,1H3,(H,29,33)/t14-,20+/m0/s1. The summed E-state index contributed by atoms with van der Waals surface area (Å²) in [5, 5.41) is 6.85. The van der Waals surface area contributed by atoms with Crippen molar-refractivity contribution >= 4 is 46.3 Å². The first-order valence-corrected chi connectivity index (χ1v) is 11.3. The number of urea groups is 1. The number of rotatable bonds is 2. The van der Waals surface area contributed by atoms with Crippen molar-refractivity contribution in [2.24, 2.45) is 0 Å². The summed E-state index contributed by atoms with van der Waals surface area (Å²) < 4.78 is 49.4. The van der Waals surface area contributed by atoms with Crippen LogP contribution in [0.4, 0.5) is 29.3 Å². The molecule has 8 nitrogen and oxygen atoms in total. The Morgan fingerprint density at radius 1 is 1.24 bits per heavy atom. The van der Waals surface area contributed by atoms with Gasteiger partial charge in [0, 0.05) is 19.2 Å². The van der Waals surface area contributed by atoms with Crippen LogP contribution >= 0.6 is 23.2 Å². The Labute approximate surface area is 202 Å². The summed E-state index contributed by atoms with van der Waals surface area (Å²) in [6.07, 6.45) is 0.491. The van der Waals surface area contributed by atoms with Crippen LogP contribution in [0.15, 0.2) is 24.5 Å². The zero-order valence-electron chi connectivity index (χ0n) is 17.9. The number of nitrogens with one attached hydrogen (secondary N) is 1. The van der Waals surface area contributed by atoms with Crippen LogP contribution in [0.2, 0.25) is 10.2 Å². The molecule has 13 heteroatoms. The van der Waals surface area contributed by atoms with Crippen LogP contribution in [0.1, 0.15) is 43.7 Å². The lowest BCUT2D eigenvalue weighted by molar-refractivity contribution is -0.181. The van der Waals surface area contributed by atoms with Crippen molar-refractivity contribution in [2.75, 3.05) is 23.4 Å². The third-order valence-corrected chi connectivity index (χ3v) is 6.69. The fourth-order valence-corrected chi connectivity index (χ4v) is 4.85. The Hall–Kier alpha value is -2.63. The number of fused-ring (bicyclic) bond motifs is 3. The Morgan fingerprint density at radius 2 is 2.03 bits per heavy atom. The van der Waals surface area contributed by atoms with Gasteiger partial charge in [-0.3, -0.25) is 9.88 Å². The first-order valence-electron chi connectivity index (χ1n) is 10.6. The predicted molar refractivity (Wildman–Crippen MR) is 120 cm³/mol. The Morgan fingerprint density at radius 3 is 2.71 bits per heavy atom. The van der Waals surface area contributed by atoms with E-state index in [1.165, 1.54) is 24.5 Å². The van der Waals surface area contributed by atoms with Gasteiger partial charge in [-0.25, -0.2) is 14.3 Å². The van der Waals surface area contributed by atoms with E-state index in [0.29, 0.717) is 17.3 Å². The van der Waals surface area contributed by atoms with Crippen LogP contribution in [0, 0.1) is 0 Å². The molecule has 34 heavy (non-hydrogen) atoms. The molecule has 0 saturated carbocycles. The van der Waals surface area contributed by atoms with Gasteiger partial charge >= 0.3 is 12.2 Å². The van der Waals surface area contributed by atoms with E-state index in [2.05, 4.69) is 20.4 Å². The van der Waals surface area contributed by atoms with Gasteiger partial charge < -0.3 is 10.1 Å². The maximum Gasteiger partial charge on any atom is 0.401 e. The second-order valence-electron chi connectivity index (χ2n) is 8.52. The first-order chi connectivity index (χ1) is 16.1. The number of alkyl halides is 3. The number of ether oxygens (including phenoxy) is 1. The Bertz CT molecular complexity index is 1280. The lowest BCUT2D eigenvalue weighted by Gasteiger charge is -2.28. The molecule has 2 aliphatic heterocycles. The monoisotopic (exact) mass is 514 g/mol. The first kappa shape index (κ1) is 23.1. The van der Waals surface area contributed by atoms with Gasteiger partial charge in [0.25, 0.3) is 0 Å². The average molecular weight is 515 g/mol. The molecule has 1 fully saturated rings. The minimum atomic E-state index is -4.67. The van der Waals surface area contributed by atoms with Crippen molar-refractivity contribution in [3.8, 4) is 0 Å². The van der Waals surface area contributed by atoms with Crippen molar-refractivity contribution in [1.29, 1.82) is 0 Å². The molecule has 3 aromatic heterocycles. The normalized spacial score (nSPS) is 22.8. The SMILES string of the molecule is C[C@@]1(C(F)(F)F)CN(C(=O)Nc2cnc([C@@H]3CCCCO3)c(Cl)c2)c2cnc3cc(Cl)nn3c21. The highest BCUT2D eigenvalue weighted by atomic mass is 35.5. The predicted octanol–water partition coefficient (Wildman–Crippen LogP) is 5.54. The smallest absolute Gasteiger partial charge is 0.372 e. The van der Waals surface area contributed by atoms with Crippen LogP contribution in [0.3, 0.4) is 0 Å². The number of hydrogen-bond donors (Lipinski definition) is 1. The van der Waals surface area contributed by atoms with Crippen molar-refractivity contribution in [2.45, 2.75) is 43.9 Å².